The van der Waals surface area contributed by atoms with Gasteiger partial charge in [-0.2, -0.15) is 0 Å². The molecule has 2 aromatic rings. The summed E-state index contributed by atoms with van der Waals surface area (Å²) in [7, 11) is 0. The van der Waals surface area contributed by atoms with Crippen LogP contribution in [0.4, 0.5) is 10.1 Å². The Morgan fingerprint density at radius 2 is 1.81 bits per heavy atom. The standard InChI is InChI=1S/C17H18FNO2/c1-11-4-9-16(12(2)10-11)21-13(3)17(20)19-15-7-5-14(18)6-8-15/h4-10,13H,1-3H3,(H,19,20)/t13-/m1/s1. The van der Waals surface area contributed by atoms with E-state index in [4.69, 9.17) is 4.74 Å². The number of hydrogen-bond donors (Lipinski definition) is 1. The van der Waals surface area contributed by atoms with Crippen molar-refractivity contribution in [3.63, 3.8) is 0 Å². The van der Waals surface area contributed by atoms with E-state index in [1.807, 2.05) is 32.0 Å². The fourth-order valence-corrected chi connectivity index (χ4v) is 1.95. The largest absolute Gasteiger partial charge is 0.481 e. The van der Waals surface area contributed by atoms with Crippen molar-refractivity contribution >= 4 is 11.6 Å². The maximum absolute atomic E-state index is 12.8. The highest BCUT2D eigenvalue weighted by Gasteiger charge is 2.15. The van der Waals surface area contributed by atoms with Crippen LogP contribution in [0.1, 0.15) is 18.1 Å². The second kappa shape index (κ2) is 6.39. The number of carbonyl (C=O) groups is 1. The molecule has 0 fully saturated rings. The Morgan fingerprint density at radius 3 is 2.43 bits per heavy atom. The van der Waals surface area contributed by atoms with E-state index < -0.39 is 6.10 Å². The third-order valence-electron chi connectivity index (χ3n) is 3.12. The number of benzene rings is 2. The first kappa shape index (κ1) is 15.0. The normalized spacial score (nSPS) is 11.8. The lowest BCUT2D eigenvalue weighted by Gasteiger charge is -2.16. The Hall–Kier alpha value is -2.36. The summed E-state index contributed by atoms with van der Waals surface area (Å²) in [4.78, 5) is 12.1. The van der Waals surface area contributed by atoms with Crippen molar-refractivity contribution < 1.29 is 13.9 Å². The van der Waals surface area contributed by atoms with Crippen LogP contribution < -0.4 is 10.1 Å². The number of aryl methyl sites for hydroxylation is 2. The average Bonchev–Trinajstić information content (AvgIpc) is 2.44. The van der Waals surface area contributed by atoms with Crippen LogP contribution in [-0.4, -0.2) is 12.0 Å². The molecule has 1 atom stereocenters. The molecule has 3 nitrogen and oxygen atoms in total. The van der Waals surface area contributed by atoms with Gasteiger partial charge in [0.05, 0.1) is 0 Å². The van der Waals surface area contributed by atoms with Crippen LogP contribution in [0.15, 0.2) is 42.5 Å². The Bertz CT molecular complexity index is 638. The molecule has 0 aliphatic rings. The molecule has 1 N–H and O–H groups in total. The molecule has 4 heteroatoms. The summed E-state index contributed by atoms with van der Waals surface area (Å²) in [6.45, 7) is 5.62. The van der Waals surface area contributed by atoms with Crippen molar-refractivity contribution in [3.8, 4) is 5.75 Å². The van der Waals surface area contributed by atoms with Gasteiger partial charge >= 0.3 is 0 Å². The van der Waals surface area contributed by atoms with Crippen LogP contribution in [-0.2, 0) is 4.79 Å². The molecular weight excluding hydrogens is 269 g/mol. The molecular formula is C17H18FNO2. The topological polar surface area (TPSA) is 38.3 Å². The number of nitrogens with one attached hydrogen (secondary N) is 1. The van der Waals surface area contributed by atoms with Crippen molar-refractivity contribution in [2.75, 3.05) is 5.32 Å². The number of hydrogen-bond acceptors (Lipinski definition) is 2. The van der Waals surface area contributed by atoms with E-state index in [0.29, 0.717) is 11.4 Å². The van der Waals surface area contributed by atoms with Crippen molar-refractivity contribution in [1.82, 2.24) is 0 Å². The van der Waals surface area contributed by atoms with Crippen LogP contribution in [0.3, 0.4) is 0 Å². The minimum Gasteiger partial charge on any atom is -0.481 e. The molecule has 0 aliphatic carbocycles. The second-order valence-electron chi connectivity index (χ2n) is 5.03. The quantitative estimate of drug-likeness (QED) is 0.927. The van der Waals surface area contributed by atoms with E-state index in [-0.39, 0.29) is 11.7 Å². The third-order valence-corrected chi connectivity index (χ3v) is 3.12. The van der Waals surface area contributed by atoms with E-state index in [2.05, 4.69) is 5.32 Å². The van der Waals surface area contributed by atoms with Crippen LogP contribution in [0.25, 0.3) is 0 Å². The SMILES string of the molecule is Cc1ccc(O[C@H](C)C(=O)Nc2ccc(F)cc2)c(C)c1. The van der Waals surface area contributed by atoms with Gasteiger partial charge in [-0.05, 0) is 56.7 Å². The van der Waals surface area contributed by atoms with Gasteiger partial charge in [-0.15, -0.1) is 0 Å². The maximum Gasteiger partial charge on any atom is 0.265 e. The lowest BCUT2D eigenvalue weighted by molar-refractivity contribution is -0.122. The molecule has 2 aromatic carbocycles. The molecule has 0 saturated heterocycles. The van der Waals surface area contributed by atoms with Crippen LogP contribution in [0.2, 0.25) is 0 Å². The molecule has 0 aliphatic heterocycles. The zero-order chi connectivity index (χ0) is 15.4. The maximum atomic E-state index is 12.8. The van der Waals surface area contributed by atoms with Crippen molar-refractivity contribution in [1.29, 1.82) is 0 Å². The first-order valence-electron chi connectivity index (χ1n) is 6.76. The van der Waals surface area contributed by atoms with Gasteiger partial charge in [0, 0.05) is 5.69 Å². The number of halogens is 1. The summed E-state index contributed by atoms with van der Waals surface area (Å²) in [5.74, 6) is 0.0662. The van der Waals surface area contributed by atoms with Gasteiger partial charge in [0.2, 0.25) is 0 Å². The fraction of sp³-hybridized carbons (Fsp3) is 0.235. The molecule has 0 bridgehead atoms. The van der Waals surface area contributed by atoms with E-state index in [0.717, 1.165) is 11.1 Å². The predicted molar refractivity (Wildman–Crippen MR) is 81.0 cm³/mol. The van der Waals surface area contributed by atoms with E-state index in [9.17, 15) is 9.18 Å². The lowest BCUT2D eigenvalue weighted by atomic mass is 10.1. The summed E-state index contributed by atoms with van der Waals surface area (Å²) < 4.78 is 18.5. The number of ether oxygens (including phenoxy) is 1. The first-order valence-corrected chi connectivity index (χ1v) is 6.76. The summed E-state index contributed by atoms with van der Waals surface area (Å²) >= 11 is 0. The van der Waals surface area contributed by atoms with Crippen molar-refractivity contribution in [3.05, 3.63) is 59.4 Å². The third kappa shape index (κ3) is 4.05. The Balaban J connectivity index is 2.00. The highest BCUT2D eigenvalue weighted by molar-refractivity contribution is 5.94. The van der Waals surface area contributed by atoms with Gasteiger partial charge in [-0.25, -0.2) is 4.39 Å². The smallest absolute Gasteiger partial charge is 0.265 e. The number of anilines is 1. The van der Waals surface area contributed by atoms with Gasteiger partial charge in [-0.1, -0.05) is 17.7 Å². The number of carbonyl (C=O) groups excluding carboxylic acids is 1. The Kier molecular flexibility index (Phi) is 4.58. The first-order chi connectivity index (χ1) is 9.95. The van der Waals surface area contributed by atoms with Crippen molar-refractivity contribution in [2.24, 2.45) is 0 Å². The van der Waals surface area contributed by atoms with E-state index in [1.54, 1.807) is 6.92 Å². The molecule has 2 rings (SSSR count). The monoisotopic (exact) mass is 287 g/mol. The summed E-state index contributed by atoms with van der Waals surface area (Å²) in [5, 5.41) is 2.69. The highest BCUT2D eigenvalue weighted by atomic mass is 19.1. The molecule has 0 heterocycles. The zero-order valence-corrected chi connectivity index (χ0v) is 12.3. The summed E-state index contributed by atoms with van der Waals surface area (Å²) in [6, 6.07) is 11.4. The van der Waals surface area contributed by atoms with Crippen molar-refractivity contribution in [2.45, 2.75) is 26.9 Å². The van der Waals surface area contributed by atoms with Gasteiger partial charge < -0.3 is 10.1 Å². The zero-order valence-electron chi connectivity index (χ0n) is 12.3. The molecule has 1 amide bonds. The predicted octanol–water partition coefficient (Wildman–Crippen LogP) is 3.85. The number of amides is 1. The van der Waals surface area contributed by atoms with E-state index >= 15 is 0 Å². The van der Waals surface area contributed by atoms with Crippen LogP contribution in [0, 0.1) is 19.7 Å². The molecule has 0 spiro atoms. The van der Waals surface area contributed by atoms with Crippen LogP contribution >= 0.6 is 0 Å². The van der Waals surface area contributed by atoms with Gasteiger partial charge in [0.1, 0.15) is 11.6 Å². The lowest BCUT2D eigenvalue weighted by Crippen LogP contribution is -2.30. The number of rotatable bonds is 4. The molecule has 21 heavy (non-hydrogen) atoms. The van der Waals surface area contributed by atoms with E-state index in [1.165, 1.54) is 24.3 Å². The fourth-order valence-electron chi connectivity index (χ4n) is 1.95. The minimum absolute atomic E-state index is 0.276. The van der Waals surface area contributed by atoms with Gasteiger partial charge in [-0.3, -0.25) is 4.79 Å². The Labute approximate surface area is 123 Å². The second-order valence-corrected chi connectivity index (χ2v) is 5.03. The molecule has 0 saturated carbocycles. The molecule has 0 radical (unpaired) electrons. The minimum atomic E-state index is -0.642. The van der Waals surface area contributed by atoms with Gasteiger partial charge in [0.25, 0.3) is 5.91 Å². The van der Waals surface area contributed by atoms with Crippen LogP contribution in [0.5, 0.6) is 5.75 Å². The molecule has 110 valence electrons. The molecule has 0 unspecified atom stereocenters. The molecule has 0 aromatic heterocycles. The summed E-state index contributed by atoms with van der Waals surface area (Å²) in [6.07, 6.45) is -0.642. The average molecular weight is 287 g/mol. The summed E-state index contributed by atoms with van der Waals surface area (Å²) in [5.41, 5.74) is 2.66. The highest BCUT2D eigenvalue weighted by Crippen LogP contribution is 2.20. The Morgan fingerprint density at radius 1 is 1.14 bits per heavy atom. The van der Waals surface area contributed by atoms with Gasteiger partial charge in [0.15, 0.2) is 6.10 Å².